The van der Waals surface area contributed by atoms with Gasteiger partial charge >= 0.3 is 5.97 Å². The van der Waals surface area contributed by atoms with Crippen LogP contribution in [-0.4, -0.2) is 35.9 Å². The summed E-state index contributed by atoms with van der Waals surface area (Å²) in [5.74, 6) is -0.528. The predicted octanol–water partition coefficient (Wildman–Crippen LogP) is 4.12. The second kappa shape index (κ2) is 9.82. The third kappa shape index (κ3) is 4.58. The molecule has 0 aliphatic carbocycles. The van der Waals surface area contributed by atoms with Gasteiger partial charge in [-0.05, 0) is 63.3 Å². The Morgan fingerprint density at radius 3 is 1.48 bits per heavy atom. The minimum Gasteiger partial charge on any atom is -0.481 e. The van der Waals surface area contributed by atoms with Gasteiger partial charge in [-0.1, -0.05) is 54.6 Å². The highest BCUT2D eigenvalue weighted by atomic mass is 31.2. The van der Waals surface area contributed by atoms with Crippen LogP contribution in [0, 0.1) is 0 Å². The number of hydrogen-bond donors (Lipinski definition) is 1. The standard InChI is InChI=1S/C25H28NO2P/c1-26(2)24(19-12-20-25(27)28)29(21-13-6-3-7-14-21,22-15-8-4-9-16-22)23-17-10-5-11-18-23/h3-11,13-18,24H,12,19-20H2,1-2H3/p+1. The summed E-state index contributed by atoms with van der Waals surface area (Å²) in [4.78, 5) is 13.5. The van der Waals surface area contributed by atoms with Gasteiger partial charge in [0.2, 0.25) is 0 Å². The summed E-state index contributed by atoms with van der Waals surface area (Å²) in [5, 5.41) is 13.2. The molecule has 0 fully saturated rings. The van der Waals surface area contributed by atoms with Gasteiger partial charge in [-0.2, -0.15) is 0 Å². The Kier molecular flexibility index (Phi) is 7.19. The molecule has 0 spiro atoms. The van der Waals surface area contributed by atoms with Crippen molar-refractivity contribution >= 4 is 29.1 Å². The molecule has 0 aromatic heterocycles. The van der Waals surface area contributed by atoms with Crippen LogP contribution < -0.4 is 15.9 Å². The van der Waals surface area contributed by atoms with Crippen LogP contribution in [0.2, 0.25) is 0 Å². The van der Waals surface area contributed by atoms with Gasteiger partial charge in [-0.15, -0.1) is 0 Å². The number of aliphatic carboxylic acids is 1. The van der Waals surface area contributed by atoms with E-state index >= 15 is 0 Å². The third-order valence-electron chi connectivity index (χ3n) is 5.39. The van der Waals surface area contributed by atoms with E-state index < -0.39 is 13.2 Å². The molecule has 1 N–H and O–H groups in total. The SMILES string of the molecule is CN(C)C(CCCC(=O)O)[P+](c1ccccc1)(c1ccccc1)c1ccccc1. The van der Waals surface area contributed by atoms with Gasteiger partial charge in [-0.25, -0.2) is 0 Å². The van der Waals surface area contributed by atoms with Crippen LogP contribution in [-0.2, 0) is 4.79 Å². The van der Waals surface area contributed by atoms with Crippen molar-refractivity contribution in [3.05, 3.63) is 91.0 Å². The fourth-order valence-corrected chi connectivity index (χ4v) is 9.30. The van der Waals surface area contributed by atoms with Crippen molar-refractivity contribution < 1.29 is 9.90 Å². The van der Waals surface area contributed by atoms with Crippen LogP contribution in [0.3, 0.4) is 0 Å². The maximum atomic E-state index is 11.2. The van der Waals surface area contributed by atoms with Crippen LogP contribution >= 0.6 is 7.26 Å². The first-order valence-electron chi connectivity index (χ1n) is 10.0. The van der Waals surface area contributed by atoms with Crippen LogP contribution in [0.5, 0.6) is 0 Å². The van der Waals surface area contributed by atoms with Gasteiger partial charge in [-0.3, -0.25) is 9.69 Å². The molecule has 0 saturated heterocycles. The third-order valence-corrected chi connectivity index (χ3v) is 10.3. The lowest BCUT2D eigenvalue weighted by atomic mass is 10.2. The molecular formula is C25H29NO2P+. The van der Waals surface area contributed by atoms with Crippen molar-refractivity contribution in [3.63, 3.8) is 0 Å². The first-order valence-corrected chi connectivity index (χ1v) is 11.9. The molecule has 0 bridgehead atoms. The van der Waals surface area contributed by atoms with Gasteiger partial charge in [0.15, 0.2) is 0 Å². The highest BCUT2D eigenvalue weighted by Gasteiger charge is 2.53. The van der Waals surface area contributed by atoms with Crippen LogP contribution in [0.1, 0.15) is 19.3 Å². The maximum Gasteiger partial charge on any atom is 0.303 e. The molecule has 0 saturated carbocycles. The van der Waals surface area contributed by atoms with Crippen molar-refractivity contribution in [2.75, 3.05) is 14.1 Å². The van der Waals surface area contributed by atoms with Crippen LogP contribution in [0.15, 0.2) is 91.0 Å². The lowest BCUT2D eigenvalue weighted by Crippen LogP contribution is -2.45. The van der Waals surface area contributed by atoms with E-state index in [1.54, 1.807) is 0 Å². The van der Waals surface area contributed by atoms with Crippen LogP contribution in [0.4, 0.5) is 0 Å². The quantitative estimate of drug-likeness (QED) is 0.544. The van der Waals surface area contributed by atoms with Gasteiger partial charge in [0.25, 0.3) is 0 Å². The lowest BCUT2D eigenvalue weighted by molar-refractivity contribution is -0.137. The van der Waals surface area contributed by atoms with Crippen molar-refractivity contribution in [3.8, 4) is 0 Å². The fourth-order valence-electron chi connectivity index (χ4n) is 4.19. The molecule has 0 heterocycles. The summed E-state index contributed by atoms with van der Waals surface area (Å²) in [6.45, 7) is 0. The zero-order chi connectivity index (χ0) is 20.7. The molecule has 0 radical (unpaired) electrons. The lowest BCUT2D eigenvalue weighted by Gasteiger charge is -2.38. The minimum absolute atomic E-state index is 0.197. The number of carboxylic acids is 1. The monoisotopic (exact) mass is 406 g/mol. The van der Waals surface area contributed by atoms with E-state index in [0.29, 0.717) is 6.42 Å². The molecule has 0 amide bonds. The number of carboxylic acid groups (broad SMARTS) is 1. The van der Waals surface area contributed by atoms with E-state index in [2.05, 4.69) is 110 Å². The van der Waals surface area contributed by atoms with E-state index in [0.717, 1.165) is 6.42 Å². The summed E-state index contributed by atoms with van der Waals surface area (Å²) in [6, 6.07) is 32.3. The summed E-state index contributed by atoms with van der Waals surface area (Å²) in [5.41, 5.74) is 0. The second-order valence-electron chi connectivity index (χ2n) is 7.46. The molecule has 29 heavy (non-hydrogen) atoms. The Labute approximate surface area is 174 Å². The van der Waals surface area contributed by atoms with Crippen molar-refractivity contribution in [2.45, 2.75) is 25.0 Å². The smallest absolute Gasteiger partial charge is 0.303 e. The van der Waals surface area contributed by atoms with Gasteiger partial charge in [0.1, 0.15) is 29.0 Å². The molecular weight excluding hydrogens is 377 g/mol. The van der Waals surface area contributed by atoms with E-state index in [1.165, 1.54) is 15.9 Å². The molecule has 3 rings (SSSR count). The Balaban J connectivity index is 2.27. The summed E-state index contributed by atoms with van der Waals surface area (Å²) < 4.78 is 0. The molecule has 150 valence electrons. The number of carbonyl (C=O) groups is 1. The summed E-state index contributed by atoms with van der Waals surface area (Å²) >= 11 is 0. The fraction of sp³-hybridized carbons (Fsp3) is 0.240. The second-order valence-corrected chi connectivity index (χ2v) is 11.1. The minimum atomic E-state index is -2.05. The number of rotatable bonds is 9. The van der Waals surface area contributed by atoms with Crippen LogP contribution in [0.25, 0.3) is 0 Å². The number of hydrogen-bond acceptors (Lipinski definition) is 2. The largest absolute Gasteiger partial charge is 0.481 e. The van der Waals surface area contributed by atoms with Gasteiger partial charge in [0.05, 0.1) is 0 Å². The molecule has 3 aromatic rings. The average Bonchev–Trinajstić information content (AvgIpc) is 2.75. The highest BCUT2D eigenvalue weighted by Crippen LogP contribution is 2.61. The maximum absolute atomic E-state index is 11.2. The zero-order valence-corrected chi connectivity index (χ0v) is 18.0. The first-order chi connectivity index (χ1) is 14.1. The average molecular weight is 406 g/mol. The number of benzene rings is 3. The van der Waals surface area contributed by atoms with E-state index in [9.17, 15) is 9.90 Å². The number of nitrogens with zero attached hydrogens (tertiary/aromatic N) is 1. The predicted molar refractivity (Wildman–Crippen MR) is 124 cm³/mol. The van der Waals surface area contributed by atoms with Crippen molar-refractivity contribution in [2.24, 2.45) is 0 Å². The van der Waals surface area contributed by atoms with Gasteiger partial charge < -0.3 is 5.11 Å². The van der Waals surface area contributed by atoms with Crippen molar-refractivity contribution in [1.29, 1.82) is 0 Å². The van der Waals surface area contributed by atoms with Gasteiger partial charge in [0, 0.05) is 6.42 Å². The van der Waals surface area contributed by atoms with E-state index in [-0.39, 0.29) is 12.2 Å². The highest BCUT2D eigenvalue weighted by molar-refractivity contribution is 7.96. The Morgan fingerprint density at radius 1 is 0.793 bits per heavy atom. The molecule has 1 atom stereocenters. The van der Waals surface area contributed by atoms with E-state index in [4.69, 9.17) is 0 Å². The zero-order valence-electron chi connectivity index (χ0n) is 17.1. The molecule has 0 aliphatic heterocycles. The summed E-state index contributed by atoms with van der Waals surface area (Å²) in [6.07, 6.45) is 1.68. The normalized spacial score (nSPS) is 12.7. The van der Waals surface area contributed by atoms with E-state index in [1.807, 2.05) is 0 Å². The molecule has 4 heteroatoms. The van der Waals surface area contributed by atoms with Crippen molar-refractivity contribution in [1.82, 2.24) is 4.90 Å². The molecule has 1 unspecified atom stereocenters. The Morgan fingerprint density at radius 2 is 1.17 bits per heavy atom. The molecule has 0 aliphatic rings. The molecule has 3 aromatic carbocycles. The molecule has 3 nitrogen and oxygen atoms in total. The topological polar surface area (TPSA) is 40.5 Å². The Bertz CT molecular complexity index is 801. The first kappa shape index (κ1) is 21.2. The summed E-state index contributed by atoms with van der Waals surface area (Å²) in [7, 11) is 2.19. The Hall–Kier alpha value is -2.48.